The number of hydrogen-bond acceptors (Lipinski definition) is 6. The molecule has 3 rings (SSSR count). The summed E-state index contributed by atoms with van der Waals surface area (Å²) in [5.74, 6) is -0.590. The number of thioether (sulfide) groups is 1. The van der Waals surface area contributed by atoms with Gasteiger partial charge in [-0.2, -0.15) is 0 Å². The molecule has 1 aliphatic heterocycles. The number of aromatic nitrogens is 2. The molecule has 1 fully saturated rings. The van der Waals surface area contributed by atoms with E-state index in [2.05, 4.69) is 44.9 Å². The fourth-order valence-corrected chi connectivity index (χ4v) is 4.74. The standard InChI is InChI=1S/C19H25N5O3S/c1-12(24(19(26)27)18(25)17-10-21-11-23-17)28-15-7-16(22-9-15)14-5-3-13(4-6-14)8-20-2/h3-6,10-12,15-16,20,22H,7-9H2,1-2H3,(H,21,23)(H,26,27)/t12-,15-,16-/m0/s1. The second kappa shape index (κ2) is 9.22. The highest BCUT2D eigenvalue weighted by Gasteiger charge is 2.33. The van der Waals surface area contributed by atoms with Crippen LogP contribution in [0.4, 0.5) is 4.79 Å². The highest BCUT2D eigenvalue weighted by atomic mass is 32.2. The molecule has 8 nitrogen and oxygen atoms in total. The lowest BCUT2D eigenvalue weighted by atomic mass is 10.0. The van der Waals surface area contributed by atoms with E-state index in [1.54, 1.807) is 6.92 Å². The number of imide groups is 1. The van der Waals surface area contributed by atoms with Gasteiger partial charge in [-0.25, -0.2) is 14.7 Å². The fraction of sp³-hybridized carbons (Fsp3) is 0.421. The number of rotatable bonds is 7. The summed E-state index contributed by atoms with van der Waals surface area (Å²) in [6.07, 6.45) is 2.31. The van der Waals surface area contributed by atoms with Crippen LogP contribution in [-0.2, 0) is 6.54 Å². The maximum Gasteiger partial charge on any atom is 0.415 e. The van der Waals surface area contributed by atoms with Crippen molar-refractivity contribution in [1.82, 2.24) is 25.5 Å². The SMILES string of the molecule is CNCc1ccc([C@@H]2C[C@H](S[C@@H](C)N(C(=O)O)C(=O)c3cnc[nH]3)CN2)cc1. The molecule has 1 aromatic carbocycles. The molecule has 2 amide bonds. The average molecular weight is 404 g/mol. The van der Waals surface area contributed by atoms with Crippen molar-refractivity contribution in [1.29, 1.82) is 0 Å². The summed E-state index contributed by atoms with van der Waals surface area (Å²) in [4.78, 5) is 31.5. The smallest absolute Gasteiger partial charge is 0.415 e. The minimum atomic E-state index is -1.26. The van der Waals surface area contributed by atoms with Crippen molar-refractivity contribution in [3.8, 4) is 0 Å². The molecule has 3 atom stereocenters. The van der Waals surface area contributed by atoms with Gasteiger partial charge in [0.25, 0.3) is 5.91 Å². The molecule has 0 spiro atoms. The Hall–Kier alpha value is -2.36. The van der Waals surface area contributed by atoms with E-state index in [9.17, 15) is 14.7 Å². The molecule has 1 saturated heterocycles. The molecule has 9 heteroatoms. The number of nitrogens with zero attached hydrogens (tertiary/aromatic N) is 2. The second-order valence-electron chi connectivity index (χ2n) is 6.75. The Bertz CT molecular complexity index is 796. The lowest BCUT2D eigenvalue weighted by Gasteiger charge is -2.25. The first-order valence-corrected chi connectivity index (χ1v) is 10.1. The van der Waals surface area contributed by atoms with Crippen molar-refractivity contribution in [2.45, 2.75) is 36.6 Å². The number of carbonyl (C=O) groups excluding carboxylic acids is 1. The van der Waals surface area contributed by atoms with Gasteiger partial charge in [0, 0.05) is 24.4 Å². The third-order valence-electron chi connectivity index (χ3n) is 4.76. The first-order valence-electron chi connectivity index (χ1n) is 9.16. The summed E-state index contributed by atoms with van der Waals surface area (Å²) in [6.45, 7) is 3.35. The Morgan fingerprint density at radius 2 is 2.14 bits per heavy atom. The van der Waals surface area contributed by atoms with Gasteiger partial charge >= 0.3 is 6.09 Å². The zero-order chi connectivity index (χ0) is 20.1. The Morgan fingerprint density at radius 1 is 1.39 bits per heavy atom. The summed E-state index contributed by atoms with van der Waals surface area (Å²) in [6, 6.07) is 8.73. The molecule has 0 aliphatic carbocycles. The van der Waals surface area contributed by atoms with E-state index in [1.165, 1.54) is 35.4 Å². The van der Waals surface area contributed by atoms with Crippen molar-refractivity contribution in [2.75, 3.05) is 13.6 Å². The van der Waals surface area contributed by atoms with E-state index < -0.39 is 17.4 Å². The molecule has 1 aliphatic rings. The minimum absolute atomic E-state index is 0.166. The molecule has 2 heterocycles. The molecule has 0 saturated carbocycles. The number of carbonyl (C=O) groups is 2. The van der Waals surface area contributed by atoms with E-state index in [0.717, 1.165) is 24.4 Å². The van der Waals surface area contributed by atoms with Crippen molar-refractivity contribution in [2.24, 2.45) is 0 Å². The monoisotopic (exact) mass is 403 g/mol. The summed E-state index contributed by atoms with van der Waals surface area (Å²) in [5, 5.41) is 15.9. The highest BCUT2D eigenvalue weighted by molar-refractivity contribution is 8.00. The van der Waals surface area contributed by atoms with Crippen LogP contribution in [0.2, 0.25) is 0 Å². The second-order valence-corrected chi connectivity index (χ2v) is 8.37. The Kier molecular flexibility index (Phi) is 6.71. The molecular formula is C19H25N5O3S. The summed E-state index contributed by atoms with van der Waals surface area (Å²) in [5.41, 5.74) is 2.62. The predicted octanol–water partition coefficient (Wildman–Crippen LogP) is 2.43. The predicted molar refractivity (Wildman–Crippen MR) is 108 cm³/mol. The average Bonchev–Trinajstić information content (AvgIpc) is 3.34. The van der Waals surface area contributed by atoms with Crippen LogP contribution in [-0.4, -0.2) is 56.2 Å². The van der Waals surface area contributed by atoms with Crippen molar-refractivity contribution in [3.63, 3.8) is 0 Å². The van der Waals surface area contributed by atoms with Gasteiger partial charge in [-0.1, -0.05) is 24.3 Å². The van der Waals surface area contributed by atoms with E-state index in [0.29, 0.717) is 0 Å². The van der Waals surface area contributed by atoms with Crippen LogP contribution in [0.25, 0.3) is 0 Å². The largest absolute Gasteiger partial charge is 0.465 e. The third-order valence-corrected chi connectivity index (χ3v) is 6.11. The summed E-state index contributed by atoms with van der Waals surface area (Å²) in [7, 11) is 1.92. The molecule has 150 valence electrons. The fourth-order valence-electron chi connectivity index (χ4n) is 3.38. The van der Waals surface area contributed by atoms with Crippen LogP contribution in [0.5, 0.6) is 0 Å². The van der Waals surface area contributed by atoms with Crippen LogP contribution in [0.3, 0.4) is 0 Å². The summed E-state index contributed by atoms with van der Waals surface area (Å²) < 4.78 is 0. The van der Waals surface area contributed by atoms with Gasteiger partial charge in [0.1, 0.15) is 5.69 Å². The minimum Gasteiger partial charge on any atom is -0.465 e. The number of hydrogen-bond donors (Lipinski definition) is 4. The van der Waals surface area contributed by atoms with Crippen LogP contribution in [0, 0.1) is 0 Å². The normalized spacial score (nSPS) is 20.1. The van der Waals surface area contributed by atoms with Gasteiger partial charge in [0.15, 0.2) is 0 Å². The molecule has 0 unspecified atom stereocenters. The quantitative estimate of drug-likeness (QED) is 0.526. The number of nitrogens with one attached hydrogen (secondary N) is 3. The Labute approximate surface area is 168 Å². The molecular weight excluding hydrogens is 378 g/mol. The number of benzene rings is 1. The molecule has 28 heavy (non-hydrogen) atoms. The van der Waals surface area contributed by atoms with E-state index in [1.807, 2.05) is 7.05 Å². The molecule has 0 radical (unpaired) electrons. The van der Waals surface area contributed by atoms with E-state index in [4.69, 9.17) is 0 Å². The molecule has 4 N–H and O–H groups in total. The van der Waals surface area contributed by atoms with Crippen molar-refractivity contribution < 1.29 is 14.7 Å². The lowest BCUT2D eigenvalue weighted by Crippen LogP contribution is -2.42. The van der Waals surface area contributed by atoms with Gasteiger partial charge in [0.05, 0.1) is 17.9 Å². The summed E-state index contributed by atoms with van der Waals surface area (Å²) >= 11 is 1.50. The van der Waals surface area contributed by atoms with E-state index >= 15 is 0 Å². The number of H-pyrrole nitrogens is 1. The first-order chi connectivity index (χ1) is 13.5. The number of imidazole rings is 1. The van der Waals surface area contributed by atoms with Crippen LogP contribution in [0.1, 0.15) is 41.0 Å². The maximum absolute atomic E-state index is 12.5. The third kappa shape index (κ3) is 4.73. The molecule has 2 aromatic rings. The van der Waals surface area contributed by atoms with Crippen LogP contribution in [0.15, 0.2) is 36.8 Å². The van der Waals surface area contributed by atoms with Gasteiger partial charge in [-0.15, -0.1) is 11.8 Å². The molecule has 0 bridgehead atoms. The Balaban J connectivity index is 1.60. The highest BCUT2D eigenvalue weighted by Crippen LogP contribution is 2.33. The van der Waals surface area contributed by atoms with Crippen molar-refractivity contribution >= 4 is 23.8 Å². The first kappa shape index (κ1) is 20.4. The number of carboxylic acid groups (broad SMARTS) is 1. The van der Waals surface area contributed by atoms with Gasteiger partial charge in [-0.3, -0.25) is 4.79 Å². The van der Waals surface area contributed by atoms with Crippen LogP contribution >= 0.6 is 11.8 Å². The van der Waals surface area contributed by atoms with Gasteiger partial charge < -0.3 is 20.7 Å². The van der Waals surface area contributed by atoms with Gasteiger partial charge in [0.2, 0.25) is 0 Å². The molecule has 1 aromatic heterocycles. The van der Waals surface area contributed by atoms with Crippen molar-refractivity contribution in [3.05, 3.63) is 53.6 Å². The Morgan fingerprint density at radius 3 is 2.75 bits per heavy atom. The number of aromatic amines is 1. The zero-order valence-electron chi connectivity index (χ0n) is 15.9. The lowest BCUT2D eigenvalue weighted by molar-refractivity contribution is 0.0728. The topological polar surface area (TPSA) is 110 Å². The number of amides is 2. The van der Waals surface area contributed by atoms with Crippen LogP contribution < -0.4 is 10.6 Å². The zero-order valence-corrected chi connectivity index (χ0v) is 16.7. The maximum atomic E-state index is 12.5. The van der Waals surface area contributed by atoms with Gasteiger partial charge in [-0.05, 0) is 31.5 Å². The van der Waals surface area contributed by atoms with E-state index in [-0.39, 0.29) is 17.0 Å².